The normalized spacial score (nSPS) is 16.8. The van der Waals surface area contributed by atoms with Crippen LogP contribution in [0.3, 0.4) is 0 Å². The number of hydrogen-bond acceptors (Lipinski definition) is 4. The van der Waals surface area contributed by atoms with Gasteiger partial charge in [0.2, 0.25) is 0 Å². The number of piperazine rings is 1. The maximum Gasteiger partial charge on any atom is 0.123 e. The van der Waals surface area contributed by atoms with Crippen molar-refractivity contribution in [2.24, 2.45) is 0 Å². The summed E-state index contributed by atoms with van der Waals surface area (Å²) in [5.74, 6) is 0.599. The third kappa shape index (κ3) is 4.67. The molecule has 1 aliphatic rings. The summed E-state index contributed by atoms with van der Waals surface area (Å²) < 4.78 is 18.3. The fourth-order valence-corrected chi connectivity index (χ4v) is 2.37. The van der Waals surface area contributed by atoms with E-state index in [0.29, 0.717) is 0 Å². The van der Waals surface area contributed by atoms with Crippen LogP contribution in [0.15, 0.2) is 24.3 Å². The minimum Gasteiger partial charge on any atom is -0.379 e. The Kier molecular flexibility index (Phi) is 5.94. The molecule has 0 aliphatic carbocycles. The standard InChI is InChI=1S/C14H21FN2OS/c15-13-1-3-14(4-2-13)17-7-5-16(6-8-17)9-10-18-11-12-19/h1-4,19H,5-12H2. The van der Waals surface area contributed by atoms with E-state index in [0.717, 1.165) is 57.4 Å². The highest BCUT2D eigenvalue weighted by Crippen LogP contribution is 2.16. The van der Waals surface area contributed by atoms with Crippen LogP contribution in [0.1, 0.15) is 0 Å². The third-order valence-electron chi connectivity index (χ3n) is 3.35. The number of thiol groups is 1. The third-order valence-corrected chi connectivity index (χ3v) is 3.53. The van der Waals surface area contributed by atoms with Crippen LogP contribution in [0.5, 0.6) is 0 Å². The van der Waals surface area contributed by atoms with Crippen molar-refractivity contribution in [2.45, 2.75) is 0 Å². The fourth-order valence-electron chi connectivity index (χ4n) is 2.24. The van der Waals surface area contributed by atoms with Crippen molar-refractivity contribution in [3.05, 3.63) is 30.1 Å². The molecule has 3 nitrogen and oxygen atoms in total. The predicted molar refractivity (Wildman–Crippen MR) is 79.7 cm³/mol. The highest BCUT2D eigenvalue weighted by Gasteiger charge is 2.16. The summed E-state index contributed by atoms with van der Waals surface area (Å²) in [6.07, 6.45) is 0. The topological polar surface area (TPSA) is 15.7 Å². The summed E-state index contributed by atoms with van der Waals surface area (Å²) in [6.45, 7) is 6.50. The molecule has 106 valence electrons. The average molecular weight is 284 g/mol. The van der Waals surface area contributed by atoms with E-state index < -0.39 is 0 Å². The van der Waals surface area contributed by atoms with E-state index in [1.54, 1.807) is 0 Å². The molecule has 0 saturated carbocycles. The number of rotatable bonds is 6. The first-order valence-electron chi connectivity index (χ1n) is 6.71. The Labute approximate surface area is 119 Å². The van der Waals surface area contributed by atoms with Crippen LogP contribution in [0.2, 0.25) is 0 Å². The summed E-state index contributed by atoms with van der Waals surface area (Å²) in [5.41, 5.74) is 1.10. The number of hydrogen-bond donors (Lipinski definition) is 1. The van der Waals surface area contributed by atoms with Crippen molar-refractivity contribution >= 4 is 18.3 Å². The Morgan fingerprint density at radius 3 is 2.37 bits per heavy atom. The van der Waals surface area contributed by atoms with Crippen molar-refractivity contribution in [2.75, 3.05) is 56.6 Å². The lowest BCUT2D eigenvalue weighted by Gasteiger charge is -2.36. The molecule has 1 heterocycles. The molecule has 0 unspecified atom stereocenters. The number of anilines is 1. The maximum atomic E-state index is 12.9. The van der Waals surface area contributed by atoms with Gasteiger partial charge in [-0.3, -0.25) is 4.90 Å². The van der Waals surface area contributed by atoms with Crippen LogP contribution in [-0.2, 0) is 4.74 Å². The van der Waals surface area contributed by atoms with Crippen molar-refractivity contribution < 1.29 is 9.13 Å². The molecule has 0 N–H and O–H groups in total. The molecule has 2 rings (SSSR count). The molecule has 0 amide bonds. The summed E-state index contributed by atoms with van der Waals surface area (Å²) in [4.78, 5) is 4.70. The van der Waals surface area contributed by atoms with E-state index in [4.69, 9.17) is 4.74 Å². The average Bonchev–Trinajstić information content (AvgIpc) is 2.45. The zero-order valence-corrected chi connectivity index (χ0v) is 12.0. The largest absolute Gasteiger partial charge is 0.379 e. The van der Waals surface area contributed by atoms with Gasteiger partial charge in [-0.05, 0) is 24.3 Å². The second-order valence-corrected chi connectivity index (χ2v) is 5.09. The first-order chi connectivity index (χ1) is 9.29. The smallest absolute Gasteiger partial charge is 0.123 e. The van der Waals surface area contributed by atoms with Gasteiger partial charge in [-0.25, -0.2) is 4.39 Å². The van der Waals surface area contributed by atoms with Gasteiger partial charge < -0.3 is 9.64 Å². The highest BCUT2D eigenvalue weighted by molar-refractivity contribution is 7.80. The van der Waals surface area contributed by atoms with Crippen molar-refractivity contribution in [1.82, 2.24) is 4.90 Å². The molecule has 0 aromatic heterocycles. The van der Waals surface area contributed by atoms with Crippen LogP contribution in [-0.4, -0.2) is 56.6 Å². The molecule has 1 aliphatic heterocycles. The van der Waals surface area contributed by atoms with E-state index in [1.165, 1.54) is 12.1 Å². The van der Waals surface area contributed by atoms with Gasteiger partial charge in [-0.2, -0.15) is 12.6 Å². The summed E-state index contributed by atoms with van der Waals surface area (Å²) in [6, 6.07) is 6.74. The molecule has 5 heteroatoms. The Hall–Kier alpha value is -0.780. The van der Waals surface area contributed by atoms with Gasteiger partial charge in [0.1, 0.15) is 5.82 Å². The van der Waals surface area contributed by atoms with Gasteiger partial charge in [0.15, 0.2) is 0 Å². The summed E-state index contributed by atoms with van der Waals surface area (Å²) >= 11 is 4.11. The Morgan fingerprint density at radius 2 is 1.74 bits per heavy atom. The first kappa shape index (κ1) is 14.6. The number of ether oxygens (including phenoxy) is 1. The Morgan fingerprint density at radius 1 is 1.05 bits per heavy atom. The van der Waals surface area contributed by atoms with Gasteiger partial charge in [0.05, 0.1) is 13.2 Å². The second kappa shape index (κ2) is 7.72. The molecule has 0 radical (unpaired) electrons. The van der Waals surface area contributed by atoms with Gasteiger partial charge in [0.25, 0.3) is 0 Å². The summed E-state index contributed by atoms with van der Waals surface area (Å²) in [7, 11) is 0. The molecular weight excluding hydrogens is 263 g/mol. The SMILES string of the molecule is Fc1ccc(N2CCN(CCOCCS)CC2)cc1. The molecule has 1 aromatic rings. The van der Waals surface area contributed by atoms with Crippen molar-refractivity contribution in [3.63, 3.8) is 0 Å². The first-order valence-corrected chi connectivity index (χ1v) is 7.34. The van der Waals surface area contributed by atoms with E-state index in [-0.39, 0.29) is 5.82 Å². The second-order valence-electron chi connectivity index (χ2n) is 4.64. The van der Waals surface area contributed by atoms with E-state index >= 15 is 0 Å². The van der Waals surface area contributed by atoms with Gasteiger partial charge in [-0.1, -0.05) is 0 Å². The van der Waals surface area contributed by atoms with E-state index in [1.807, 2.05) is 12.1 Å². The van der Waals surface area contributed by atoms with E-state index in [2.05, 4.69) is 22.4 Å². The zero-order chi connectivity index (χ0) is 13.5. The molecule has 1 aromatic carbocycles. The van der Waals surface area contributed by atoms with Crippen LogP contribution in [0.25, 0.3) is 0 Å². The number of nitrogens with zero attached hydrogens (tertiary/aromatic N) is 2. The zero-order valence-electron chi connectivity index (χ0n) is 11.1. The molecule has 19 heavy (non-hydrogen) atoms. The minimum absolute atomic E-state index is 0.177. The van der Waals surface area contributed by atoms with Gasteiger partial charge >= 0.3 is 0 Å². The lowest BCUT2D eigenvalue weighted by molar-refractivity contribution is 0.113. The fraction of sp³-hybridized carbons (Fsp3) is 0.571. The molecule has 0 atom stereocenters. The van der Waals surface area contributed by atoms with Crippen molar-refractivity contribution in [3.8, 4) is 0 Å². The van der Waals surface area contributed by atoms with Crippen LogP contribution < -0.4 is 4.90 Å². The van der Waals surface area contributed by atoms with Gasteiger partial charge in [0, 0.05) is 44.2 Å². The maximum absolute atomic E-state index is 12.9. The van der Waals surface area contributed by atoms with Crippen LogP contribution >= 0.6 is 12.6 Å². The number of halogens is 1. The molecule has 0 spiro atoms. The highest BCUT2D eigenvalue weighted by atomic mass is 32.1. The molecule has 1 saturated heterocycles. The number of benzene rings is 1. The Balaban J connectivity index is 1.71. The van der Waals surface area contributed by atoms with Crippen molar-refractivity contribution in [1.29, 1.82) is 0 Å². The lowest BCUT2D eigenvalue weighted by atomic mass is 10.2. The lowest BCUT2D eigenvalue weighted by Crippen LogP contribution is -2.47. The molecule has 1 fully saturated rings. The summed E-state index contributed by atoms with van der Waals surface area (Å²) in [5, 5.41) is 0. The molecular formula is C14H21FN2OS. The van der Waals surface area contributed by atoms with Crippen LogP contribution in [0.4, 0.5) is 10.1 Å². The van der Waals surface area contributed by atoms with E-state index in [9.17, 15) is 4.39 Å². The quantitative estimate of drug-likeness (QED) is 0.634. The minimum atomic E-state index is -0.177. The monoisotopic (exact) mass is 284 g/mol. The van der Waals surface area contributed by atoms with Crippen LogP contribution in [0, 0.1) is 5.82 Å². The van der Waals surface area contributed by atoms with Gasteiger partial charge in [-0.15, -0.1) is 0 Å². The Bertz CT molecular complexity index is 366. The predicted octanol–water partition coefficient (Wildman–Crippen LogP) is 1.89. The molecule has 0 bridgehead atoms.